The van der Waals surface area contributed by atoms with Gasteiger partial charge in [0, 0.05) is 30.8 Å². The van der Waals surface area contributed by atoms with Crippen LogP contribution < -0.4 is 10.6 Å². The summed E-state index contributed by atoms with van der Waals surface area (Å²) >= 11 is 6.16. The molecule has 0 bridgehead atoms. The van der Waals surface area contributed by atoms with Gasteiger partial charge in [0.05, 0.1) is 0 Å². The Bertz CT molecular complexity index is 514. The highest BCUT2D eigenvalue weighted by Crippen LogP contribution is 2.42. The minimum absolute atomic E-state index is 0.203. The third kappa shape index (κ3) is 3.84. The second-order valence-electron chi connectivity index (χ2n) is 5.91. The molecule has 2 N–H and O–H groups in total. The predicted octanol–water partition coefficient (Wildman–Crippen LogP) is 2.73. The normalized spacial score (nSPS) is 18.1. The van der Waals surface area contributed by atoms with Crippen LogP contribution in [0, 0.1) is 5.92 Å². The van der Waals surface area contributed by atoms with E-state index in [1.54, 1.807) is 0 Å². The zero-order valence-corrected chi connectivity index (χ0v) is 12.8. The van der Waals surface area contributed by atoms with E-state index >= 15 is 0 Å². The Morgan fingerprint density at radius 1 is 1.29 bits per heavy atom. The number of aromatic nitrogens is 2. The maximum Gasteiger partial charge on any atom is 0.224 e. The number of amides is 1. The topological polar surface area (TPSA) is 66.9 Å². The fraction of sp³-hybridized carbons (Fsp3) is 0.667. The fourth-order valence-corrected chi connectivity index (χ4v) is 2.72. The maximum atomic E-state index is 11.6. The summed E-state index contributed by atoms with van der Waals surface area (Å²) in [5.74, 6) is 1.59. The van der Waals surface area contributed by atoms with Crippen molar-refractivity contribution in [1.82, 2.24) is 15.3 Å². The molecule has 5 nitrogen and oxygen atoms in total. The molecule has 3 rings (SSSR count). The number of carbonyl (C=O) groups is 1. The molecule has 1 aromatic heterocycles. The lowest BCUT2D eigenvalue weighted by Crippen LogP contribution is -2.35. The first kappa shape index (κ1) is 14.6. The minimum Gasteiger partial charge on any atom is -0.356 e. The molecule has 2 aliphatic rings. The van der Waals surface area contributed by atoms with Gasteiger partial charge in [0.15, 0.2) is 0 Å². The van der Waals surface area contributed by atoms with Crippen molar-refractivity contribution in [2.75, 3.05) is 18.4 Å². The van der Waals surface area contributed by atoms with Gasteiger partial charge in [-0.25, -0.2) is 9.97 Å². The molecule has 0 atom stereocenters. The summed E-state index contributed by atoms with van der Waals surface area (Å²) < 4.78 is 0. The Morgan fingerprint density at radius 2 is 2.10 bits per heavy atom. The number of anilines is 1. The van der Waals surface area contributed by atoms with Gasteiger partial charge in [-0.2, -0.15) is 0 Å². The fourth-order valence-electron chi connectivity index (χ4n) is 2.44. The molecule has 0 aliphatic heterocycles. The van der Waals surface area contributed by atoms with Crippen LogP contribution in [0.1, 0.15) is 50.0 Å². The Labute approximate surface area is 129 Å². The number of hydrogen-bond donors (Lipinski definition) is 2. The van der Waals surface area contributed by atoms with Crippen LogP contribution in [0.15, 0.2) is 6.20 Å². The second kappa shape index (κ2) is 6.60. The molecule has 0 spiro atoms. The van der Waals surface area contributed by atoms with Crippen LogP contribution in [0.2, 0.25) is 5.15 Å². The van der Waals surface area contributed by atoms with Crippen molar-refractivity contribution in [3.63, 3.8) is 0 Å². The van der Waals surface area contributed by atoms with Gasteiger partial charge in [-0.1, -0.05) is 18.0 Å². The van der Waals surface area contributed by atoms with Crippen molar-refractivity contribution in [2.45, 2.75) is 44.4 Å². The van der Waals surface area contributed by atoms with Crippen molar-refractivity contribution in [3.05, 3.63) is 16.9 Å². The summed E-state index contributed by atoms with van der Waals surface area (Å²) in [5, 5.41) is 6.68. The Hall–Kier alpha value is -1.36. The summed E-state index contributed by atoms with van der Waals surface area (Å²) in [5.41, 5.74) is 1.06. The highest BCUT2D eigenvalue weighted by Gasteiger charge is 2.27. The average molecular weight is 309 g/mol. The standard InChI is InChI=1S/C15H21ClN4O/c16-13-12(10-5-6-10)9-19-15(20-13)18-8-2-7-17-14(21)11-3-1-4-11/h9-11H,1-8H2,(H,17,21)(H,18,19,20). The molecule has 0 radical (unpaired) electrons. The van der Waals surface area contributed by atoms with Gasteiger partial charge in [-0.15, -0.1) is 0 Å². The molecule has 2 aliphatic carbocycles. The Morgan fingerprint density at radius 3 is 2.71 bits per heavy atom. The van der Waals surface area contributed by atoms with Crippen LogP contribution in [0.4, 0.5) is 5.95 Å². The number of nitrogens with one attached hydrogen (secondary N) is 2. The zero-order valence-electron chi connectivity index (χ0n) is 12.1. The lowest BCUT2D eigenvalue weighted by atomic mass is 9.85. The van der Waals surface area contributed by atoms with Crippen LogP contribution in [0.5, 0.6) is 0 Å². The monoisotopic (exact) mass is 308 g/mol. The second-order valence-corrected chi connectivity index (χ2v) is 6.27. The van der Waals surface area contributed by atoms with E-state index in [-0.39, 0.29) is 11.8 Å². The number of hydrogen-bond acceptors (Lipinski definition) is 4. The molecule has 0 unspecified atom stereocenters. The summed E-state index contributed by atoms with van der Waals surface area (Å²) in [4.78, 5) is 20.2. The first-order valence-electron chi connectivity index (χ1n) is 7.78. The molecule has 114 valence electrons. The molecular weight excluding hydrogens is 288 g/mol. The van der Waals surface area contributed by atoms with Gasteiger partial charge in [0.1, 0.15) is 5.15 Å². The van der Waals surface area contributed by atoms with Crippen LogP contribution >= 0.6 is 11.6 Å². The highest BCUT2D eigenvalue weighted by atomic mass is 35.5. The van der Waals surface area contributed by atoms with Gasteiger partial charge in [-0.3, -0.25) is 4.79 Å². The summed E-state index contributed by atoms with van der Waals surface area (Å²) in [6.07, 6.45) is 8.34. The Kier molecular flexibility index (Phi) is 4.58. The number of carbonyl (C=O) groups excluding carboxylic acids is 1. The molecule has 1 heterocycles. The van der Waals surface area contributed by atoms with Crippen LogP contribution in [-0.4, -0.2) is 29.0 Å². The van der Waals surface area contributed by atoms with E-state index in [0.717, 1.165) is 31.4 Å². The number of rotatable bonds is 7. The van der Waals surface area contributed by atoms with E-state index in [1.807, 2.05) is 6.20 Å². The van der Waals surface area contributed by atoms with Crippen molar-refractivity contribution in [3.8, 4) is 0 Å². The molecule has 0 saturated heterocycles. The molecule has 2 fully saturated rings. The van der Waals surface area contributed by atoms with E-state index in [1.165, 1.54) is 19.3 Å². The molecule has 21 heavy (non-hydrogen) atoms. The first-order valence-corrected chi connectivity index (χ1v) is 8.16. The first-order chi connectivity index (χ1) is 10.2. The average Bonchev–Trinajstić information content (AvgIpc) is 3.20. The van der Waals surface area contributed by atoms with Gasteiger partial charge < -0.3 is 10.6 Å². The number of halogens is 1. The van der Waals surface area contributed by atoms with Crippen LogP contribution in [0.25, 0.3) is 0 Å². The summed E-state index contributed by atoms with van der Waals surface area (Å²) in [6, 6.07) is 0. The lowest BCUT2D eigenvalue weighted by Gasteiger charge is -2.23. The minimum atomic E-state index is 0.203. The quantitative estimate of drug-likeness (QED) is 0.600. The van der Waals surface area contributed by atoms with E-state index < -0.39 is 0 Å². The van der Waals surface area contributed by atoms with Gasteiger partial charge >= 0.3 is 0 Å². The smallest absolute Gasteiger partial charge is 0.224 e. The van der Waals surface area contributed by atoms with Crippen molar-refractivity contribution >= 4 is 23.5 Å². The summed E-state index contributed by atoms with van der Waals surface area (Å²) in [7, 11) is 0. The molecule has 6 heteroatoms. The van der Waals surface area contributed by atoms with Crippen molar-refractivity contribution < 1.29 is 4.79 Å². The van der Waals surface area contributed by atoms with Crippen LogP contribution in [0.3, 0.4) is 0 Å². The third-order valence-electron chi connectivity index (χ3n) is 4.20. The Balaban J connectivity index is 1.35. The van der Waals surface area contributed by atoms with E-state index in [2.05, 4.69) is 20.6 Å². The van der Waals surface area contributed by atoms with Gasteiger partial charge in [0.25, 0.3) is 0 Å². The largest absolute Gasteiger partial charge is 0.356 e. The van der Waals surface area contributed by atoms with Gasteiger partial charge in [-0.05, 0) is 38.0 Å². The van der Waals surface area contributed by atoms with Gasteiger partial charge in [0.2, 0.25) is 11.9 Å². The molecule has 0 aromatic carbocycles. The number of nitrogens with zero attached hydrogens (tertiary/aromatic N) is 2. The molecular formula is C15H21ClN4O. The molecule has 2 saturated carbocycles. The van der Waals surface area contributed by atoms with Crippen molar-refractivity contribution in [2.24, 2.45) is 5.92 Å². The van der Waals surface area contributed by atoms with Crippen LogP contribution in [-0.2, 0) is 4.79 Å². The maximum absolute atomic E-state index is 11.6. The van der Waals surface area contributed by atoms with Crippen molar-refractivity contribution in [1.29, 1.82) is 0 Å². The predicted molar refractivity (Wildman–Crippen MR) is 82.5 cm³/mol. The zero-order chi connectivity index (χ0) is 14.7. The highest BCUT2D eigenvalue weighted by molar-refractivity contribution is 6.30. The third-order valence-corrected chi connectivity index (χ3v) is 4.50. The molecule has 1 aromatic rings. The van der Waals surface area contributed by atoms with E-state index in [0.29, 0.717) is 23.6 Å². The molecule has 1 amide bonds. The lowest BCUT2D eigenvalue weighted by molar-refractivity contribution is -0.127. The van der Waals surface area contributed by atoms with E-state index in [4.69, 9.17) is 11.6 Å². The SMILES string of the molecule is O=C(NCCCNc1ncc(C2CC2)c(Cl)n1)C1CCC1. The van der Waals surface area contributed by atoms with E-state index in [9.17, 15) is 4.79 Å². The summed E-state index contributed by atoms with van der Waals surface area (Å²) in [6.45, 7) is 1.42.